The number of ether oxygens (including phenoxy) is 2. The van der Waals surface area contributed by atoms with Gasteiger partial charge in [-0.25, -0.2) is 0 Å². The van der Waals surface area contributed by atoms with E-state index < -0.39 is 6.10 Å². The number of hydrogen-bond donors (Lipinski definition) is 1. The zero-order valence-electron chi connectivity index (χ0n) is 11.2. The summed E-state index contributed by atoms with van der Waals surface area (Å²) < 4.78 is 10.7. The van der Waals surface area contributed by atoms with Gasteiger partial charge in [0.2, 0.25) is 0 Å². The topological polar surface area (TPSA) is 54.3 Å². The fourth-order valence-electron chi connectivity index (χ4n) is 1.55. The Balaban J connectivity index is 2.74. The summed E-state index contributed by atoms with van der Waals surface area (Å²) in [4.78, 5) is 0. The summed E-state index contributed by atoms with van der Waals surface area (Å²) in [5, 5.41) is 12.1. The molecule has 0 aliphatic rings. The second-order valence-electron chi connectivity index (χ2n) is 4.05. The van der Waals surface area contributed by atoms with Crippen LogP contribution in [0.5, 0.6) is 11.5 Å². The lowest BCUT2D eigenvalue weighted by Gasteiger charge is -2.13. The van der Waals surface area contributed by atoms with Crippen LogP contribution in [0.15, 0.2) is 18.2 Å². The second-order valence-corrected chi connectivity index (χ2v) is 4.05. The van der Waals surface area contributed by atoms with Gasteiger partial charge in [-0.3, -0.25) is 0 Å². The van der Waals surface area contributed by atoms with Crippen LogP contribution in [0.2, 0.25) is 0 Å². The molecule has 1 aromatic carbocycles. The first-order chi connectivity index (χ1) is 8.71. The Hall–Kier alpha value is -1.73. The number of rotatable bonds is 7. The summed E-state index contributed by atoms with van der Waals surface area (Å²) in [6.45, 7) is 5.63. The number of nitriles is 1. The molecule has 0 amide bonds. The molecule has 4 heteroatoms. The molecule has 18 heavy (non-hydrogen) atoms. The largest absolute Gasteiger partial charge is 0.493 e. The monoisotopic (exact) mass is 248 g/mol. The zero-order valence-corrected chi connectivity index (χ0v) is 11.2. The van der Waals surface area contributed by atoms with Crippen molar-refractivity contribution in [2.75, 3.05) is 13.7 Å². The van der Waals surface area contributed by atoms with Gasteiger partial charge in [-0.1, -0.05) is 13.0 Å². The van der Waals surface area contributed by atoms with Crippen LogP contribution in [-0.2, 0) is 6.54 Å². The Morgan fingerprint density at radius 2 is 2.17 bits per heavy atom. The normalized spacial score (nSPS) is 11.7. The molecule has 4 nitrogen and oxygen atoms in total. The van der Waals surface area contributed by atoms with Crippen molar-refractivity contribution in [3.8, 4) is 17.6 Å². The Kier molecular flexibility index (Phi) is 6.03. The van der Waals surface area contributed by atoms with Gasteiger partial charge in [0.15, 0.2) is 17.6 Å². The average Bonchev–Trinajstić information content (AvgIpc) is 2.40. The number of nitrogens with one attached hydrogen (secondary N) is 1. The molecule has 0 bridgehead atoms. The van der Waals surface area contributed by atoms with E-state index in [0.717, 1.165) is 25.1 Å². The van der Waals surface area contributed by atoms with Gasteiger partial charge in [0, 0.05) is 6.54 Å². The molecule has 1 unspecified atom stereocenters. The summed E-state index contributed by atoms with van der Waals surface area (Å²) in [5.74, 6) is 1.26. The fourth-order valence-corrected chi connectivity index (χ4v) is 1.55. The summed E-state index contributed by atoms with van der Waals surface area (Å²) in [5.41, 5.74) is 1.14. The van der Waals surface area contributed by atoms with E-state index in [0.29, 0.717) is 11.5 Å². The number of hydrogen-bond acceptors (Lipinski definition) is 4. The fraction of sp³-hybridized carbons (Fsp3) is 0.500. The predicted octanol–water partition coefficient (Wildman–Crippen LogP) is 2.49. The maximum absolute atomic E-state index is 8.73. The van der Waals surface area contributed by atoms with Gasteiger partial charge in [0.1, 0.15) is 6.07 Å². The maximum Gasteiger partial charge on any atom is 0.181 e. The molecule has 0 radical (unpaired) electrons. The average molecular weight is 248 g/mol. The molecule has 0 fully saturated rings. The summed E-state index contributed by atoms with van der Waals surface area (Å²) >= 11 is 0. The van der Waals surface area contributed by atoms with Crippen molar-refractivity contribution in [1.29, 1.82) is 5.26 Å². The third-order valence-electron chi connectivity index (χ3n) is 2.47. The van der Waals surface area contributed by atoms with Crippen LogP contribution < -0.4 is 14.8 Å². The predicted molar refractivity (Wildman–Crippen MR) is 70.7 cm³/mol. The van der Waals surface area contributed by atoms with Crippen molar-refractivity contribution >= 4 is 0 Å². The smallest absolute Gasteiger partial charge is 0.181 e. The molecule has 1 rings (SSSR count). The highest BCUT2D eigenvalue weighted by molar-refractivity contribution is 5.43. The maximum atomic E-state index is 8.73. The van der Waals surface area contributed by atoms with E-state index in [-0.39, 0.29) is 0 Å². The number of methoxy groups -OCH3 is 1. The molecule has 1 aromatic rings. The standard InChI is InChI=1S/C14H20N2O2/c1-4-7-16-10-12-5-6-13(14(8-12)17-3)18-11(2)9-15/h5-6,8,11,16H,4,7,10H2,1-3H3. The van der Waals surface area contributed by atoms with Crippen molar-refractivity contribution in [2.45, 2.75) is 32.9 Å². The Labute approximate surface area is 109 Å². The molecule has 0 saturated heterocycles. The number of benzene rings is 1. The highest BCUT2D eigenvalue weighted by atomic mass is 16.5. The molecule has 0 aromatic heterocycles. The second kappa shape index (κ2) is 7.57. The van der Waals surface area contributed by atoms with Gasteiger partial charge < -0.3 is 14.8 Å². The first-order valence-corrected chi connectivity index (χ1v) is 6.15. The van der Waals surface area contributed by atoms with Crippen LogP contribution in [0, 0.1) is 11.3 Å². The van der Waals surface area contributed by atoms with Gasteiger partial charge in [-0.15, -0.1) is 0 Å². The molecule has 0 aliphatic carbocycles. The molecule has 1 N–H and O–H groups in total. The van der Waals surface area contributed by atoms with Crippen LogP contribution in [0.4, 0.5) is 0 Å². The first kappa shape index (κ1) is 14.3. The van der Waals surface area contributed by atoms with Crippen molar-refractivity contribution in [3.63, 3.8) is 0 Å². The Morgan fingerprint density at radius 1 is 1.39 bits per heavy atom. The van der Waals surface area contributed by atoms with Crippen LogP contribution >= 0.6 is 0 Å². The minimum Gasteiger partial charge on any atom is -0.493 e. The first-order valence-electron chi connectivity index (χ1n) is 6.15. The van der Waals surface area contributed by atoms with Crippen LogP contribution in [0.3, 0.4) is 0 Å². The van der Waals surface area contributed by atoms with Crippen molar-refractivity contribution < 1.29 is 9.47 Å². The Bertz CT molecular complexity index is 413. The van der Waals surface area contributed by atoms with E-state index in [9.17, 15) is 0 Å². The lowest BCUT2D eigenvalue weighted by Crippen LogP contribution is -2.14. The molecule has 98 valence electrons. The zero-order chi connectivity index (χ0) is 13.4. The van der Waals surface area contributed by atoms with Gasteiger partial charge in [-0.2, -0.15) is 5.26 Å². The summed E-state index contributed by atoms with van der Waals surface area (Å²) in [6, 6.07) is 7.78. The van der Waals surface area contributed by atoms with E-state index in [2.05, 4.69) is 12.2 Å². The third kappa shape index (κ3) is 4.27. The summed E-state index contributed by atoms with van der Waals surface area (Å²) in [6.07, 6.45) is 0.626. The van der Waals surface area contributed by atoms with Gasteiger partial charge in [0.25, 0.3) is 0 Å². The lowest BCUT2D eigenvalue weighted by atomic mass is 10.2. The SMILES string of the molecule is CCCNCc1ccc(OC(C)C#N)c(OC)c1. The van der Waals surface area contributed by atoms with Crippen molar-refractivity contribution in [2.24, 2.45) is 0 Å². The quantitative estimate of drug-likeness (QED) is 0.753. The van der Waals surface area contributed by atoms with Gasteiger partial charge in [0.05, 0.1) is 7.11 Å². The minimum atomic E-state index is -0.483. The Morgan fingerprint density at radius 3 is 2.78 bits per heavy atom. The lowest BCUT2D eigenvalue weighted by molar-refractivity contribution is 0.260. The van der Waals surface area contributed by atoms with E-state index in [1.165, 1.54) is 0 Å². The highest BCUT2D eigenvalue weighted by Crippen LogP contribution is 2.28. The van der Waals surface area contributed by atoms with E-state index in [4.69, 9.17) is 14.7 Å². The number of nitrogens with zero attached hydrogens (tertiary/aromatic N) is 1. The molecular formula is C14H20N2O2. The van der Waals surface area contributed by atoms with Crippen molar-refractivity contribution in [1.82, 2.24) is 5.32 Å². The molecule has 1 atom stereocenters. The highest BCUT2D eigenvalue weighted by Gasteiger charge is 2.09. The van der Waals surface area contributed by atoms with Gasteiger partial charge in [-0.05, 0) is 37.6 Å². The minimum absolute atomic E-state index is 0.483. The third-order valence-corrected chi connectivity index (χ3v) is 2.47. The van der Waals surface area contributed by atoms with Gasteiger partial charge >= 0.3 is 0 Å². The van der Waals surface area contributed by atoms with Crippen molar-refractivity contribution in [3.05, 3.63) is 23.8 Å². The van der Waals surface area contributed by atoms with E-state index >= 15 is 0 Å². The van der Waals surface area contributed by atoms with E-state index in [1.807, 2.05) is 24.3 Å². The van der Waals surface area contributed by atoms with Crippen LogP contribution in [0.1, 0.15) is 25.8 Å². The van der Waals surface area contributed by atoms with Crippen LogP contribution in [-0.4, -0.2) is 19.8 Å². The molecule has 0 spiro atoms. The molecule has 0 saturated carbocycles. The summed E-state index contributed by atoms with van der Waals surface area (Å²) in [7, 11) is 1.60. The molecule has 0 aliphatic heterocycles. The van der Waals surface area contributed by atoms with E-state index in [1.54, 1.807) is 14.0 Å². The molecular weight excluding hydrogens is 228 g/mol. The van der Waals surface area contributed by atoms with Crippen LogP contribution in [0.25, 0.3) is 0 Å². The molecule has 0 heterocycles.